The van der Waals surface area contributed by atoms with Gasteiger partial charge in [-0.15, -0.1) is 0 Å². The number of carbonyl (C=O) groups is 3. The van der Waals surface area contributed by atoms with Crippen molar-refractivity contribution in [3.8, 4) is 11.1 Å². The molecule has 0 amide bonds. The SMILES string of the molecule is CC(C)(C)c1ccc(-c2ccccc2COC2CCNCC2)cc1.CCCCCC(=O)O.O=C(O)C=CC(=O)O. The van der Waals surface area contributed by atoms with Crippen molar-refractivity contribution >= 4 is 17.9 Å². The fourth-order valence-electron chi connectivity index (χ4n) is 3.92. The lowest BCUT2D eigenvalue weighted by Gasteiger charge is -2.23. The number of aliphatic carboxylic acids is 3. The van der Waals surface area contributed by atoms with Crippen LogP contribution in [0.5, 0.6) is 0 Å². The quantitative estimate of drug-likeness (QED) is 0.199. The van der Waals surface area contributed by atoms with Crippen LogP contribution in [0.2, 0.25) is 0 Å². The maximum absolute atomic E-state index is 9.87. The Bertz CT molecular complexity index is 1050. The average molecular weight is 556 g/mol. The first-order valence-electron chi connectivity index (χ1n) is 13.8. The van der Waals surface area contributed by atoms with Crippen LogP contribution in [0.4, 0.5) is 0 Å². The maximum Gasteiger partial charge on any atom is 0.328 e. The molecule has 0 atom stereocenters. The van der Waals surface area contributed by atoms with E-state index in [0.717, 1.165) is 45.2 Å². The van der Waals surface area contributed by atoms with E-state index in [2.05, 4.69) is 81.5 Å². The van der Waals surface area contributed by atoms with Gasteiger partial charge < -0.3 is 25.4 Å². The number of rotatable bonds is 10. The highest BCUT2D eigenvalue weighted by Crippen LogP contribution is 2.28. The topological polar surface area (TPSA) is 133 Å². The Morgan fingerprint density at radius 3 is 1.98 bits per heavy atom. The maximum atomic E-state index is 9.87. The molecule has 0 radical (unpaired) electrons. The Hall–Kier alpha value is -3.49. The van der Waals surface area contributed by atoms with Crippen molar-refractivity contribution < 1.29 is 34.4 Å². The number of unbranched alkanes of at least 4 members (excludes halogenated alkanes) is 2. The molecule has 2 aromatic carbocycles. The van der Waals surface area contributed by atoms with Gasteiger partial charge in [-0.2, -0.15) is 0 Å². The van der Waals surface area contributed by atoms with Crippen molar-refractivity contribution in [2.45, 2.75) is 84.3 Å². The number of hydrogen-bond donors (Lipinski definition) is 4. The summed E-state index contributed by atoms with van der Waals surface area (Å²) in [6.07, 6.45) is 7.01. The largest absolute Gasteiger partial charge is 0.481 e. The Labute approximate surface area is 238 Å². The van der Waals surface area contributed by atoms with E-state index in [1.807, 2.05) is 0 Å². The molecule has 0 aromatic heterocycles. The summed E-state index contributed by atoms with van der Waals surface area (Å²) >= 11 is 0. The van der Waals surface area contributed by atoms with Gasteiger partial charge in [-0.05, 0) is 60.0 Å². The number of carboxylic acid groups (broad SMARTS) is 3. The van der Waals surface area contributed by atoms with Crippen LogP contribution in [-0.4, -0.2) is 52.4 Å². The summed E-state index contributed by atoms with van der Waals surface area (Å²) in [7, 11) is 0. The van der Waals surface area contributed by atoms with E-state index in [1.165, 1.54) is 22.3 Å². The molecule has 4 N–H and O–H groups in total. The normalized spacial score (nSPS) is 13.5. The van der Waals surface area contributed by atoms with Crippen LogP contribution in [0.3, 0.4) is 0 Å². The van der Waals surface area contributed by atoms with Crippen LogP contribution in [0.15, 0.2) is 60.7 Å². The first-order valence-corrected chi connectivity index (χ1v) is 13.8. The van der Waals surface area contributed by atoms with Gasteiger partial charge in [0.1, 0.15) is 0 Å². The molecule has 40 heavy (non-hydrogen) atoms. The van der Waals surface area contributed by atoms with Crippen LogP contribution in [0.25, 0.3) is 11.1 Å². The second kappa shape index (κ2) is 18.7. The van der Waals surface area contributed by atoms with Crippen LogP contribution in [0.1, 0.15) is 77.3 Å². The van der Waals surface area contributed by atoms with Gasteiger partial charge >= 0.3 is 17.9 Å². The minimum absolute atomic E-state index is 0.191. The van der Waals surface area contributed by atoms with E-state index < -0.39 is 17.9 Å². The summed E-state index contributed by atoms with van der Waals surface area (Å²) in [6.45, 7) is 11.7. The van der Waals surface area contributed by atoms with Gasteiger partial charge in [-0.3, -0.25) is 4.79 Å². The molecule has 220 valence electrons. The van der Waals surface area contributed by atoms with Crippen LogP contribution >= 0.6 is 0 Å². The van der Waals surface area contributed by atoms with Crippen molar-refractivity contribution in [1.82, 2.24) is 5.32 Å². The molecule has 8 nitrogen and oxygen atoms in total. The molecule has 1 fully saturated rings. The summed E-state index contributed by atoms with van der Waals surface area (Å²) < 4.78 is 6.17. The van der Waals surface area contributed by atoms with Crippen molar-refractivity contribution in [3.63, 3.8) is 0 Å². The summed E-state index contributed by atoms with van der Waals surface area (Å²) in [5, 5.41) is 27.2. The number of benzene rings is 2. The molecule has 0 saturated carbocycles. The van der Waals surface area contributed by atoms with E-state index >= 15 is 0 Å². The number of carboxylic acids is 3. The summed E-state index contributed by atoms with van der Waals surface area (Å²) in [4.78, 5) is 29.0. The smallest absolute Gasteiger partial charge is 0.328 e. The van der Waals surface area contributed by atoms with Gasteiger partial charge in [0, 0.05) is 18.6 Å². The van der Waals surface area contributed by atoms with Crippen molar-refractivity contribution in [2.24, 2.45) is 0 Å². The minimum Gasteiger partial charge on any atom is -0.481 e. The third-order valence-electron chi connectivity index (χ3n) is 6.20. The molecule has 2 aromatic rings. The molecule has 3 rings (SSSR count). The molecule has 1 aliphatic heterocycles. The Morgan fingerprint density at radius 2 is 1.48 bits per heavy atom. The highest BCUT2D eigenvalue weighted by atomic mass is 16.5. The van der Waals surface area contributed by atoms with E-state index in [9.17, 15) is 14.4 Å². The zero-order chi connectivity index (χ0) is 30.0. The van der Waals surface area contributed by atoms with Gasteiger partial charge in [0.05, 0.1) is 12.7 Å². The zero-order valence-electron chi connectivity index (χ0n) is 24.2. The van der Waals surface area contributed by atoms with E-state index in [1.54, 1.807) is 0 Å². The van der Waals surface area contributed by atoms with E-state index in [-0.39, 0.29) is 5.41 Å². The fourth-order valence-corrected chi connectivity index (χ4v) is 3.92. The predicted molar refractivity (Wildman–Crippen MR) is 157 cm³/mol. The standard InChI is InChI=1S/C22H29NO.C6H12O2.C4H4O4/c1-22(2,3)19-10-8-17(9-11-19)21-7-5-4-6-18(21)16-24-20-12-14-23-15-13-20;1-2-3-4-5-6(7)8;5-3(6)1-2-4(7)8/h4-11,20,23H,12-16H2,1-3H3;2-5H2,1H3,(H,7,8);1-2H,(H,5,6)(H,7,8). The van der Waals surface area contributed by atoms with Gasteiger partial charge in [-0.1, -0.05) is 89.1 Å². The zero-order valence-corrected chi connectivity index (χ0v) is 24.2. The first-order chi connectivity index (χ1) is 18.9. The Balaban J connectivity index is 0.000000412. The predicted octanol–water partition coefficient (Wildman–Crippen LogP) is 6.28. The molecule has 8 heteroatoms. The highest BCUT2D eigenvalue weighted by molar-refractivity contribution is 5.89. The van der Waals surface area contributed by atoms with Crippen LogP contribution in [-0.2, 0) is 31.1 Å². The molecule has 0 bridgehead atoms. The van der Waals surface area contributed by atoms with Crippen LogP contribution < -0.4 is 5.32 Å². The number of hydrogen-bond acceptors (Lipinski definition) is 5. The first kappa shape index (κ1) is 34.5. The average Bonchev–Trinajstić information content (AvgIpc) is 2.92. The summed E-state index contributed by atoms with van der Waals surface area (Å²) in [5.74, 6) is -3.20. The Morgan fingerprint density at radius 1 is 0.900 bits per heavy atom. The molecule has 0 spiro atoms. The third kappa shape index (κ3) is 15.2. The van der Waals surface area contributed by atoms with Gasteiger partial charge in [0.2, 0.25) is 0 Å². The van der Waals surface area contributed by atoms with Gasteiger partial charge in [0.25, 0.3) is 0 Å². The lowest BCUT2D eigenvalue weighted by molar-refractivity contribution is -0.137. The summed E-state index contributed by atoms with van der Waals surface area (Å²) in [5.41, 5.74) is 5.39. The van der Waals surface area contributed by atoms with Crippen molar-refractivity contribution in [1.29, 1.82) is 0 Å². The molecule has 1 saturated heterocycles. The van der Waals surface area contributed by atoms with E-state index in [0.29, 0.717) is 31.3 Å². The second-order valence-electron chi connectivity index (χ2n) is 10.6. The van der Waals surface area contributed by atoms with Crippen molar-refractivity contribution in [3.05, 3.63) is 71.8 Å². The lowest BCUT2D eigenvalue weighted by Crippen LogP contribution is -2.32. The van der Waals surface area contributed by atoms with Crippen molar-refractivity contribution in [2.75, 3.05) is 13.1 Å². The van der Waals surface area contributed by atoms with E-state index in [4.69, 9.17) is 20.1 Å². The Kier molecular flexibility index (Phi) is 16.2. The highest BCUT2D eigenvalue weighted by Gasteiger charge is 2.16. The molecular formula is C32H45NO7. The molecule has 1 aliphatic rings. The van der Waals surface area contributed by atoms with Crippen LogP contribution in [0, 0.1) is 0 Å². The lowest BCUT2D eigenvalue weighted by atomic mass is 9.86. The van der Waals surface area contributed by atoms with Gasteiger partial charge in [0.15, 0.2) is 0 Å². The van der Waals surface area contributed by atoms with Gasteiger partial charge in [-0.25, -0.2) is 9.59 Å². The second-order valence-corrected chi connectivity index (χ2v) is 10.6. The summed E-state index contributed by atoms with van der Waals surface area (Å²) in [6, 6.07) is 17.6. The number of ether oxygens (including phenoxy) is 1. The molecule has 1 heterocycles. The number of nitrogens with one attached hydrogen (secondary N) is 1. The monoisotopic (exact) mass is 555 g/mol. The third-order valence-corrected chi connectivity index (χ3v) is 6.20. The fraction of sp³-hybridized carbons (Fsp3) is 0.469. The minimum atomic E-state index is -1.26. The molecular weight excluding hydrogens is 510 g/mol. The number of piperidine rings is 1. The molecule has 0 unspecified atom stereocenters. The molecule has 0 aliphatic carbocycles.